The molecule has 2 saturated heterocycles. The Morgan fingerprint density at radius 2 is 1.76 bits per heavy atom. The van der Waals surface area contributed by atoms with E-state index in [0.717, 1.165) is 18.5 Å². The highest BCUT2D eigenvalue weighted by molar-refractivity contribution is 6.00. The van der Waals surface area contributed by atoms with Crippen LogP contribution < -0.4 is 19.7 Å². The lowest BCUT2D eigenvalue weighted by molar-refractivity contribution is -0.189. The van der Waals surface area contributed by atoms with Gasteiger partial charge < -0.3 is 19.7 Å². The third-order valence-electron chi connectivity index (χ3n) is 8.01. The Bertz CT molecular complexity index is 1890. The number of hydrogen-bond acceptors (Lipinski definition) is 9. The molecular weight excluding hydrogens is 592 g/mol. The van der Waals surface area contributed by atoms with Crippen molar-refractivity contribution in [2.75, 3.05) is 24.6 Å². The highest BCUT2D eigenvalue weighted by Crippen LogP contribution is 2.38. The molecule has 1 N–H and O–H groups in total. The van der Waals surface area contributed by atoms with Crippen LogP contribution in [0.1, 0.15) is 18.5 Å². The van der Waals surface area contributed by atoms with Crippen molar-refractivity contribution in [3.05, 3.63) is 78.5 Å². The van der Waals surface area contributed by atoms with E-state index in [1.807, 2.05) is 18.2 Å². The van der Waals surface area contributed by atoms with Crippen LogP contribution in [-0.4, -0.2) is 63.9 Å². The molecule has 0 unspecified atom stereocenters. The van der Waals surface area contributed by atoms with Gasteiger partial charge in [-0.1, -0.05) is 30.3 Å². The van der Waals surface area contributed by atoms with Gasteiger partial charge in [-0.2, -0.15) is 23.1 Å². The van der Waals surface area contributed by atoms with Crippen molar-refractivity contribution in [2.45, 2.75) is 37.5 Å². The Morgan fingerprint density at radius 3 is 2.51 bits per heavy atom. The molecule has 7 rings (SSSR count). The summed E-state index contributed by atoms with van der Waals surface area (Å²) in [4.78, 5) is 31.6. The topological polar surface area (TPSA) is 102 Å². The number of halogens is 4. The van der Waals surface area contributed by atoms with Crippen LogP contribution in [0.5, 0.6) is 11.8 Å². The molecule has 0 radical (unpaired) electrons. The summed E-state index contributed by atoms with van der Waals surface area (Å²) >= 11 is 0. The number of carbonyl (C=O) groups excluding carboxylic acids is 1. The molecule has 230 valence electrons. The number of fused-ring (bicyclic) bond motifs is 4. The number of ether oxygens (including phenoxy) is 2. The first-order chi connectivity index (χ1) is 21.7. The SMILES string of the molecule is O=C(Oc1cc(-c2ncc3c(N4C[C@H]5CC[C@@H](C4)N5)nc(OCCc4ccccn4)nc3c2F)c2ccccc2c1)C(F)(F)F. The Hall–Kier alpha value is -4.91. The fourth-order valence-electron chi connectivity index (χ4n) is 5.98. The van der Waals surface area contributed by atoms with Gasteiger partial charge >= 0.3 is 18.2 Å². The summed E-state index contributed by atoms with van der Waals surface area (Å²) in [5.74, 6) is -3.11. The summed E-state index contributed by atoms with van der Waals surface area (Å²) in [6.07, 6.45) is 0.476. The third-order valence-corrected chi connectivity index (χ3v) is 8.01. The molecule has 2 bridgehead atoms. The summed E-state index contributed by atoms with van der Waals surface area (Å²) in [5, 5.41) is 4.87. The van der Waals surface area contributed by atoms with E-state index in [1.54, 1.807) is 30.5 Å². The average Bonchev–Trinajstić information content (AvgIpc) is 3.37. The van der Waals surface area contributed by atoms with Crippen molar-refractivity contribution < 1.29 is 31.8 Å². The largest absolute Gasteiger partial charge is 0.491 e. The number of rotatable bonds is 7. The van der Waals surface area contributed by atoms with Crippen molar-refractivity contribution in [1.82, 2.24) is 25.3 Å². The van der Waals surface area contributed by atoms with Gasteiger partial charge in [-0.15, -0.1) is 0 Å². The van der Waals surface area contributed by atoms with Crippen LogP contribution in [0, 0.1) is 5.82 Å². The van der Waals surface area contributed by atoms with Crippen molar-refractivity contribution in [3.8, 4) is 23.0 Å². The van der Waals surface area contributed by atoms with Crippen LogP contribution in [0.25, 0.3) is 32.9 Å². The van der Waals surface area contributed by atoms with Gasteiger partial charge in [-0.25, -0.2) is 9.18 Å². The van der Waals surface area contributed by atoms with E-state index >= 15 is 4.39 Å². The van der Waals surface area contributed by atoms with Gasteiger partial charge in [-0.05, 0) is 47.9 Å². The van der Waals surface area contributed by atoms with Crippen molar-refractivity contribution in [1.29, 1.82) is 0 Å². The number of hydrogen-bond donors (Lipinski definition) is 1. The molecule has 2 aliphatic rings. The number of piperazine rings is 1. The summed E-state index contributed by atoms with van der Waals surface area (Å²) < 4.78 is 66.1. The second-order valence-corrected chi connectivity index (χ2v) is 11.1. The van der Waals surface area contributed by atoms with Crippen LogP contribution in [0.3, 0.4) is 0 Å². The van der Waals surface area contributed by atoms with Gasteiger partial charge in [0.2, 0.25) is 0 Å². The van der Waals surface area contributed by atoms with E-state index in [4.69, 9.17) is 4.74 Å². The van der Waals surface area contributed by atoms with Crippen molar-refractivity contribution in [3.63, 3.8) is 0 Å². The molecule has 5 aromatic rings. The number of nitrogens with one attached hydrogen (secondary N) is 1. The standard InChI is InChI=1S/C32H26F4N6O3/c33-26-27(24-14-22(45-30(43)32(34,35)36)13-18-5-1-2-7-23(18)24)38-15-25-28(26)40-31(44-12-10-19-6-3-4-11-37-19)41-29(25)42-16-20-8-9-21(17-42)39-20/h1-7,11,13-15,20-21,39H,8-10,12,16-17H2/t20-,21+. The molecule has 2 aromatic carbocycles. The minimum atomic E-state index is -5.21. The van der Waals surface area contributed by atoms with Crippen LogP contribution in [-0.2, 0) is 11.2 Å². The van der Waals surface area contributed by atoms with Gasteiger partial charge in [0.1, 0.15) is 22.8 Å². The number of esters is 1. The molecular formula is C32H26F4N6O3. The molecule has 5 heterocycles. The normalized spacial score (nSPS) is 18.0. The first kappa shape index (κ1) is 28.8. The minimum Gasteiger partial charge on any atom is -0.463 e. The predicted molar refractivity (Wildman–Crippen MR) is 158 cm³/mol. The van der Waals surface area contributed by atoms with Crippen molar-refractivity contribution >= 4 is 33.5 Å². The molecule has 0 aliphatic carbocycles. The number of nitrogens with zero attached hydrogens (tertiary/aromatic N) is 5. The highest BCUT2D eigenvalue weighted by Gasteiger charge is 2.41. The average molecular weight is 619 g/mol. The lowest BCUT2D eigenvalue weighted by Crippen LogP contribution is -2.51. The maximum atomic E-state index is 16.6. The molecule has 2 atom stereocenters. The molecule has 0 saturated carbocycles. The van der Waals surface area contributed by atoms with Gasteiger partial charge in [0, 0.05) is 55.2 Å². The molecule has 13 heteroatoms. The molecule has 45 heavy (non-hydrogen) atoms. The molecule has 3 aromatic heterocycles. The highest BCUT2D eigenvalue weighted by atomic mass is 19.4. The lowest BCUT2D eigenvalue weighted by atomic mass is 10.00. The van der Waals surface area contributed by atoms with Crippen LogP contribution in [0.4, 0.5) is 23.4 Å². The number of pyridine rings is 2. The van der Waals surface area contributed by atoms with E-state index in [2.05, 4.69) is 34.9 Å². The predicted octanol–water partition coefficient (Wildman–Crippen LogP) is 5.41. The fourth-order valence-corrected chi connectivity index (χ4v) is 5.98. The number of carbonyl (C=O) groups is 1. The smallest absolute Gasteiger partial charge is 0.463 e. The van der Waals surface area contributed by atoms with E-state index in [1.165, 1.54) is 18.3 Å². The molecule has 0 spiro atoms. The minimum absolute atomic E-state index is 0.0203. The quantitative estimate of drug-likeness (QED) is 0.146. The first-order valence-electron chi connectivity index (χ1n) is 14.4. The Labute approximate surface area is 254 Å². The first-order valence-corrected chi connectivity index (χ1v) is 14.4. The maximum absolute atomic E-state index is 16.6. The number of anilines is 1. The third kappa shape index (κ3) is 5.82. The Morgan fingerprint density at radius 1 is 0.978 bits per heavy atom. The van der Waals surface area contributed by atoms with Gasteiger partial charge in [0.15, 0.2) is 5.82 Å². The molecule has 0 amide bonds. The number of aromatic nitrogens is 4. The Balaban J connectivity index is 1.32. The summed E-state index contributed by atoms with van der Waals surface area (Å²) in [6.45, 7) is 1.53. The van der Waals surface area contributed by atoms with Gasteiger partial charge in [0.25, 0.3) is 0 Å². The van der Waals surface area contributed by atoms with Gasteiger partial charge in [0.05, 0.1) is 12.0 Å². The second kappa shape index (κ2) is 11.5. The van der Waals surface area contributed by atoms with Crippen LogP contribution in [0.15, 0.2) is 67.0 Å². The van der Waals surface area contributed by atoms with Crippen LogP contribution >= 0.6 is 0 Å². The van der Waals surface area contributed by atoms with E-state index in [-0.39, 0.29) is 41.5 Å². The van der Waals surface area contributed by atoms with Crippen molar-refractivity contribution in [2.24, 2.45) is 0 Å². The van der Waals surface area contributed by atoms with E-state index in [9.17, 15) is 18.0 Å². The Kier molecular flexibility index (Phi) is 7.40. The lowest BCUT2D eigenvalue weighted by Gasteiger charge is -2.34. The summed E-state index contributed by atoms with van der Waals surface area (Å²) in [5.41, 5.74) is 0.724. The monoisotopic (exact) mass is 618 g/mol. The van der Waals surface area contributed by atoms with Gasteiger partial charge in [-0.3, -0.25) is 9.97 Å². The second-order valence-electron chi connectivity index (χ2n) is 11.1. The molecule has 9 nitrogen and oxygen atoms in total. The zero-order valence-corrected chi connectivity index (χ0v) is 23.7. The number of alkyl halides is 3. The fraction of sp³-hybridized carbons (Fsp3) is 0.281. The summed E-state index contributed by atoms with van der Waals surface area (Å²) in [6, 6.07) is 15.2. The maximum Gasteiger partial charge on any atom is 0.491 e. The molecule has 2 fully saturated rings. The number of benzene rings is 2. The zero-order chi connectivity index (χ0) is 31.1. The van der Waals surface area contributed by atoms with E-state index in [0.29, 0.717) is 41.5 Å². The van der Waals surface area contributed by atoms with Crippen LogP contribution in [0.2, 0.25) is 0 Å². The summed E-state index contributed by atoms with van der Waals surface area (Å²) in [7, 11) is 0. The molecule has 2 aliphatic heterocycles. The van der Waals surface area contributed by atoms with E-state index < -0.39 is 23.7 Å². The zero-order valence-electron chi connectivity index (χ0n) is 23.7.